The molecule has 3 aliphatic rings. The highest BCUT2D eigenvalue weighted by atomic mass is 31.1. The zero-order valence-corrected chi connectivity index (χ0v) is 38.2. The van der Waals surface area contributed by atoms with Crippen molar-refractivity contribution in [1.29, 1.82) is 0 Å². The molecule has 0 saturated heterocycles. The van der Waals surface area contributed by atoms with Gasteiger partial charge in [0.05, 0.1) is 14.2 Å². The highest BCUT2D eigenvalue weighted by Gasteiger charge is 2.40. The Bertz CT molecular complexity index is 1530. The van der Waals surface area contributed by atoms with Crippen LogP contribution in [0.1, 0.15) is 176 Å². The first-order valence-corrected chi connectivity index (χ1v) is 23.7. The van der Waals surface area contributed by atoms with Gasteiger partial charge in [0.1, 0.15) is 11.5 Å². The summed E-state index contributed by atoms with van der Waals surface area (Å²) in [6.07, 6.45) is 20.3. The molecule has 4 heteroatoms. The summed E-state index contributed by atoms with van der Waals surface area (Å²) in [5.41, 5.74) is 12.4. The second kappa shape index (κ2) is 16.3. The Morgan fingerprint density at radius 3 is 1.21 bits per heavy atom. The van der Waals surface area contributed by atoms with Gasteiger partial charge in [-0.3, -0.25) is 0 Å². The van der Waals surface area contributed by atoms with E-state index in [2.05, 4.69) is 132 Å². The largest absolute Gasteiger partial charge is 0.496 e. The molecule has 2 saturated carbocycles. The number of benzene rings is 2. The Labute approximate surface area is 328 Å². The Balaban J connectivity index is 1.81. The SMILES string of the molecule is COc1c(C(C)(C)C)cc(P(C2=C=C[C]=C2[C@@H](C)P(C2CCCCC2)C2CCCCC2)c2cc(C(C)(C)C)c(OC)c(C(C)(C)C)c2)cc1C(C)(C)C. The number of hydrogen-bond donors (Lipinski definition) is 0. The van der Waals surface area contributed by atoms with Crippen LogP contribution in [0.2, 0.25) is 0 Å². The number of allylic oxidation sites excluding steroid dienone is 3. The van der Waals surface area contributed by atoms with Crippen molar-refractivity contribution in [3.8, 4) is 11.5 Å². The lowest BCUT2D eigenvalue weighted by atomic mass is 9.79. The van der Waals surface area contributed by atoms with Crippen LogP contribution in [0.15, 0.2) is 47.0 Å². The van der Waals surface area contributed by atoms with Gasteiger partial charge in [0.15, 0.2) is 0 Å². The van der Waals surface area contributed by atoms with Crippen LogP contribution in [0, 0.1) is 6.08 Å². The van der Waals surface area contributed by atoms with Gasteiger partial charge in [-0.2, -0.15) is 0 Å². The number of ether oxygens (including phenoxy) is 2. The highest BCUT2D eigenvalue weighted by molar-refractivity contribution is 7.77. The molecule has 0 bridgehead atoms. The summed E-state index contributed by atoms with van der Waals surface area (Å²) in [6, 6.07) is 10.0. The van der Waals surface area contributed by atoms with Crippen LogP contribution in [0.25, 0.3) is 0 Å². The van der Waals surface area contributed by atoms with Gasteiger partial charge >= 0.3 is 0 Å². The summed E-state index contributed by atoms with van der Waals surface area (Å²) in [5, 5.41) is 4.18. The molecule has 53 heavy (non-hydrogen) atoms. The second-order valence-electron chi connectivity index (χ2n) is 20.4. The fourth-order valence-corrected chi connectivity index (χ4v) is 16.2. The van der Waals surface area contributed by atoms with Gasteiger partial charge in [-0.05, 0) is 119 Å². The minimum atomic E-state index is -0.998. The molecular formula is C49H73O2P2. The highest BCUT2D eigenvalue weighted by Crippen LogP contribution is 2.63. The quantitative estimate of drug-likeness (QED) is 0.187. The van der Waals surface area contributed by atoms with Crippen LogP contribution in [-0.4, -0.2) is 31.2 Å². The van der Waals surface area contributed by atoms with Gasteiger partial charge in [0, 0.05) is 33.2 Å². The molecule has 1 atom stereocenters. The molecule has 2 fully saturated rings. The molecule has 0 aliphatic heterocycles. The number of methoxy groups -OCH3 is 2. The van der Waals surface area contributed by atoms with Crippen LogP contribution in [0.5, 0.6) is 11.5 Å². The zero-order chi connectivity index (χ0) is 39.1. The first kappa shape index (κ1) is 42.3. The van der Waals surface area contributed by atoms with Crippen molar-refractivity contribution in [2.24, 2.45) is 0 Å². The maximum absolute atomic E-state index is 6.33. The molecule has 291 valence electrons. The molecule has 1 radical (unpaired) electrons. The van der Waals surface area contributed by atoms with Gasteiger partial charge in [0.2, 0.25) is 0 Å². The molecule has 2 aromatic rings. The minimum Gasteiger partial charge on any atom is -0.496 e. The lowest BCUT2D eigenvalue weighted by molar-refractivity contribution is 0.381. The fourth-order valence-electron chi connectivity index (χ4n) is 9.23. The summed E-state index contributed by atoms with van der Waals surface area (Å²) >= 11 is 0. The second-order valence-corrected chi connectivity index (χ2v) is 25.7. The Kier molecular flexibility index (Phi) is 13.0. The third-order valence-electron chi connectivity index (χ3n) is 12.1. The van der Waals surface area contributed by atoms with Gasteiger partial charge in [0.25, 0.3) is 0 Å². The van der Waals surface area contributed by atoms with Crippen molar-refractivity contribution in [2.45, 2.75) is 193 Å². The van der Waals surface area contributed by atoms with E-state index in [4.69, 9.17) is 9.47 Å². The fraction of sp³-hybridized carbons (Fsp3) is 0.653. The molecule has 3 aliphatic carbocycles. The van der Waals surface area contributed by atoms with E-state index in [-0.39, 0.29) is 29.6 Å². The van der Waals surface area contributed by atoms with Crippen molar-refractivity contribution in [2.75, 3.05) is 14.2 Å². The number of hydrogen-bond acceptors (Lipinski definition) is 2. The van der Waals surface area contributed by atoms with E-state index in [9.17, 15) is 0 Å². The van der Waals surface area contributed by atoms with Crippen LogP contribution < -0.4 is 20.1 Å². The van der Waals surface area contributed by atoms with Crippen molar-refractivity contribution in [3.05, 3.63) is 75.3 Å². The summed E-state index contributed by atoms with van der Waals surface area (Å²) in [5.74, 6) is 2.07. The van der Waals surface area contributed by atoms with Gasteiger partial charge in [-0.1, -0.05) is 136 Å². The van der Waals surface area contributed by atoms with Crippen LogP contribution in [-0.2, 0) is 21.7 Å². The predicted molar refractivity (Wildman–Crippen MR) is 235 cm³/mol. The first-order valence-electron chi connectivity index (χ1n) is 20.8. The van der Waals surface area contributed by atoms with Crippen LogP contribution >= 0.6 is 15.8 Å². The van der Waals surface area contributed by atoms with E-state index >= 15 is 0 Å². The van der Waals surface area contributed by atoms with Crippen LogP contribution in [0.4, 0.5) is 0 Å². The van der Waals surface area contributed by atoms with E-state index in [0.717, 1.165) is 22.8 Å². The van der Waals surface area contributed by atoms with E-state index < -0.39 is 7.92 Å². The van der Waals surface area contributed by atoms with Crippen molar-refractivity contribution in [1.82, 2.24) is 0 Å². The zero-order valence-electron chi connectivity index (χ0n) is 36.4. The van der Waals surface area contributed by atoms with E-state index in [1.54, 1.807) is 0 Å². The van der Waals surface area contributed by atoms with E-state index in [0.29, 0.717) is 5.66 Å². The molecule has 0 unspecified atom stereocenters. The average molecular weight is 756 g/mol. The molecule has 2 nitrogen and oxygen atoms in total. The predicted octanol–water partition coefficient (Wildman–Crippen LogP) is 13.6. The van der Waals surface area contributed by atoms with E-state index in [1.165, 1.54) is 108 Å². The monoisotopic (exact) mass is 756 g/mol. The first-order chi connectivity index (χ1) is 24.7. The summed E-state index contributed by atoms with van der Waals surface area (Å²) in [4.78, 5) is 0. The lowest BCUT2D eigenvalue weighted by Gasteiger charge is -2.43. The van der Waals surface area contributed by atoms with E-state index in [1.807, 2.05) is 14.2 Å². The smallest absolute Gasteiger partial charge is 0.126 e. The molecule has 5 rings (SSSR count). The molecule has 0 N–H and O–H groups in total. The minimum absolute atomic E-state index is 0.0936. The summed E-state index contributed by atoms with van der Waals surface area (Å²) in [7, 11) is 2.53. The molecule has 0 heterocycles. The summed E-state index contributed by atoms with van der Waals surface area (Å²) in [6.45, 7) is 30.7. The van der Waals surface area contributed by atoms with Crippen LogP contribution in [0.3, 0.4) is 0 Å². The number of rotatable bonds is 9. The molecule has 0 amide bonds. The van der Waals surface area contributed by atoms with Gasteiger partial charge < -0.3 is 9.47 Å². The molecule has 2 aromatic carbocycles. The topological polar surface area (TPSA) is 18.5 Å². The standard InChI is InChI=1S/C49H73O2P2/c1-33(52(34-23-18-16-19-24-34)35-25-20-17-21-26-35)38-27-22-28-43(38)53(36-29-39(46(2,3)4)44(50-14)40(30-36)47(5,6)7)37-31-41(48(8,9)10)45(51-15)42(32-37)49(11,12)13/h22,29-35H,16-21,23-26H2,1-15H3/t33-/m1/s1. The third-order valence-corrected chi connectivity index (χ3v) is 18.3. The maximum atomic E-state index is 6.33. The maximum Gasteiger partial charge on any atom is 0.126 e. The van der Waals surface area contributed by atoms with Crippen molar-refractivity contribution < 1.29 is 9.47 Å². The Morgan fingerprint density at radius 2 is 0.906 bits per heavy atom. The van der Waals surface area contributed by atoms with Gasteiger partial charge in [-0.25, -0.2) is 0 Å². The molecule has 0 aromatic heterocycles. The van der Waals surface area contributed by atoms with Gasteiger partial charge in [-0.15, -0.1) is 5.73 Å². The lowest BCUT2D eigenvalue weighted by Crippen LogP contribution is -2.29. The Morgan fingerprint density at radius 1 is 0.566 bits per heavy atom. The third kappa shape index (κ3) is 9.25. The molecule has 0 spiro atoms. The molecular weight excluding hydrogens is 682 g/mol. The summed E-state index contributed by atoms with van der Waals surface area (Å²) < 4.78 is 12.7. The Hall–Kier alpha value is -1.84. The normalized spacial score (nSPS) is 18.8. The van der Waals surface area contributed by atoms with Crippen molar-refractivity contribution in [3.63, 3.8) is 0 Å². The average Bonchev–Trinajstić information content (AvgIpc) is 3.56. The van der Waals surface area contributed by atoms with Crippen molar-refractivity contribution >= 4 is 26.5 Å².